The monoisotopic (exact) mass is 290 g/mol. The molecule has 0 aromatic carbocycles. The average molecular weight is 290 g/mol. The van der Waals surface area contributed by atoms with Gasteiger partial charge in [0.15, 0.2) is 0 Å². The van der Waals surface area contributed by atoms with E-state index in [-0.39, 0.29) is 0 Å². The summed E-state index contributed by atoms with van der Waals surface area (Å²) in [5, 5.41) is 0. The zero-order chi connectivity index (χ0) is 14.6. The van der Waals surface area contributed by atoms with Crippen LogP contribution in [0.5, 0.6) is 0 Å². The molecule has 106 valence electrons. The molecule has 2 atom stereocenters. The molecule has 0 saturated heterocycles. The standard InChI is InChI=1S/C12H25.Na.H2O4S/c1-5-7-8-10-12(4)11(3)9-6-2;;1-5(2,3)4/h11-12H,2,5-10H2,1,3-4H3;;(H2,1,2,3,4). The molecule has 4 nitrogen and oxygen atoms in total. The molecule has 0 rings (SSSR count). The second kappa shape index (κ2) is 12.9. The number of hydrogen-bond donors (Lipinski definition) is 2. The Hall–Kier alpha value is 0.870. The third kappa shape index (κ3) is 22.1. The van der Waals surface area contributed by atoms with Crippen LogP contribution in [-0.4, -0.2) is 45.5 Å². The van der Waals surface area contributed by atoms with Crippen molar-refractivity contribution in [2.75, 3.05) is 0 Å². The van der Waals surface area contributed by atoms with Gasteiger partial charge >= 0.3 is 113 Å². The van der Waals surface area contributed by atoms with Crippen molar-refractivity contribution in [2.45, 2.75) is 63.0 Å². The largest absolute Gasteiger partial charge is 0.394 e. The van der Waals surface area contributed by atoms with E-state index in [0.29, 0.717) is 0 Å². The van der Waals surface area contributed by atoms with Crippen LogP contribution in [0.25, 0.3) is 0 Å². The minimum absolute atomic E-state index is 0.958. The Morgan fingerprint density at radius 3 is 1.72 bits per heavy atom. The third-order valence-corrected chi connectivity index (χ3v) is 3.95. The minimum Gasteiger partial charge on any atom is -0.264 e. The zero-order valence-electron chi connectivity index (χ0n) is 12.2. The Labute approximate surface area is 130 Å². The molecule has 0 amide bonds. The molecule has 18 heavy (non-hydrogen) atoms. The third-order valence-electron chi connectivity index (χ3n) is 3.25. The van der Waals surface area contributed by atoms with Crippen LogP contribution in [0.3, 0.4) is 0 Å². The first kappa shape index (κ1) is 21.2. The fourth-order valence-corrected chi connectivity index (χ4v) is 2.22. The van der Waals surface area contributed by atoms with Crippen molar-refractivity contribution in [2.24, 2.45) is 11.8 Å². The van der Waals surface area contributed by atoms with E-state index in [1.807, 2.05) is 0 Å². The van der Waals surface area contributed by atoms with Gasteiger partial charge in [0.05, 0.1) is 0 Å². The Morgan fingerprint density at radius 1 is 1.00 bits per heavy atom. The van der Waals surface area contributed by atoms with E-state index in [2.05, 4.69) is 20.8 Å². The van der Waals surface area contributed by atoms with Crippen LogP contribution >= 0.6 is 0 Å². The second-order valence-corrected chi connectivity index (χ2v) is 6.94. The van der Waals surface area contributed by atoms with E-state index in [0.717, 1.165) is 11.8 Å². The molecule has 0 aliphatic rings. The smallest absolute Gasteiger partial charge is 0.264 e. The fraction of sp³-hybridized carbons (Fsp3) is 1.00. The molecule has 0 aliphatic carbocycles. The van der Waals surface area contributed by atoms with E-state index in [1.54, 1.807) is 0 Å². The maximum Gasteiger partial charge on any atom is 0.394 e. The first-order chi connectivity index (χ1) is 8.22. The summed E-state index contributed by atoms with van der Waals surface area (Å²) >= 11 is 1.39. The molecule has 0 radical (unpaired) electrons. The maximum absolute atomic E-state index is 8.74. The maximum atomic E-state index is 8.74. The van der Waals surface area contributed by atoms with Crippen LogP contribution in [0.4, 0.5) is 0 Å². The Balaban J connectivity index is 0. The van der Waals surface area contributed by atoms with Gasteiger partial charge in [-0.05, 0) is 0 Å². The molecular formula is C12H27NaO4S. The summed E-state index contributed by atoms with van der Waals surface area (Å²) in [5.41, 5.74) is 0. The van der Waals surface area contributed by atoms with Gasteiger partial charge in [0.2, 0.25) is 0 Å². The van der Waals surface area contributed by atoms with Crippen LogP contribution in [-0.2, 0) is 10.4 Å². The van der Waals surface area contributed by atoms with Gasteiger partial charge < -0.3 is 0 Å². The summed E-state index contributed by atoms with van der Waals surface area (Å²) in [4.78, 5) is 0. The quantitative estimate of drug-likeness (QED) is 0.407. The molecule has 0 heterocycles. The normalized spacial score (nSPS) is 14.6. The molecule has 2 N–H and O–H groups in total. The van der Waals surface area contributed by atoms with Gasteiger partial charge in [-0.1, -0.05) is 0 Å². The molecule has 0 aromatic rings. The van der Waals surface area contributed by atoms with E-state index < -0.39 is 10.4 Å². The summed E-state index contributed by atoms with van der Waals surface area (Å²) in [6.07, 6.45) is 8.64. The summed E-state index contributed by atoms with van der Waals surface area (Å²) in [5.74, 6) is 1.92. The fourth-order valence-electron chi connectivity index (χ4n) is 1.81. The van der Waals surface area contributed by atoms with Gasteiger partial charge in [-0.25, -0.2) is 0 Å². The SMILES string of the molecule is CCCCCC(C)C(C)CC[CH2][Na].O=S(=O)(O)O. The van der Waals surface area contributed by atoms with Crippen LogP contribution in [0.2, 0.25) is 3.67 Å². The van der Waals surface area contributed by atoms with Crippen LogP contribution in [0.1, 0.15) is 59.3 Å². The van der Waals surface area contributed by atoms with Gasteiger partial charge in [0, 0.05) is 0 Å². The summed E-state index contributed by atoms with van der Waals surface area (Å²) in [6.45, 7) is 7.16. The van der Waals surface area contributed by atoms with Crippen molar-refractivity contribution in [3.05, 3.63) is 0 Å². The molecule has 2 unspecified atom stereocenters. The first-order valence-corrected chi connectivity index (χ1v) is 9.73. The topological polar surface area (TPSA) is 74.6 Å². The second-order valence-electron chi connectivity index (χ2n) is 5.04. The summed E-state index contributed by atoms with van der Waals surface area (Å²) < 4.78 is 33.1. The van der Waals surface area contributed by atoms with Crippen LogP contribution < -0.4 is 0 Å². The number of rotatable bonds is 8. The molecule has 0 aromatic heterocycles. The van der Waals surface area contributed by atoms with Gasteiger partial charge in [-0.2, -0.15) is 8.42 Å². The number of hydrogen-bond acceptors (Lipinski definition) is 2. The van der Waals surface area contributed by atoms with E-state index >= 15 is 0 Å². The average Bonchev–Trinajstić information content (AvgIpc) is 2.23. The summed E-state index contributed by atoms with van der Waals surface area (Å²) in [7, 11) is -4.67. The molecule has 6 heteroatoms. The van der Waals surface area contributed by atoms with Crippen molar-refractivity contribution in [1.82, 2.24) is 0 Å². The molecule has 0 spiro atoms. The van der Waals surface area contributed by atoms with Crippen LogP contribution in [0, 0.1) is 11.8 Å². The van der Waals surface area contributed by atoms with Crippen LogP contribution in [0.15, 0.2) is 0 Å². The number of unbranched alkanes of at least 4 members (excludes halogenated alkanes) is 2. The van der Waals surface area contributed by atoms with Crippen molar-refractivity contribution < 1.29 is 17.5 Å². The van der Waals surface area contributed by atoms with E-state index in [9.17, 15) is 0 Å². The van der Waals surface area contributed by atoms with Gasteiger partial charge in [-0.15, -0.1) is 0 Å². The van der Waals surface area contributed by atoms with E-state index in [4.69, 9.17) is 17.5 Å². The van der Waals surface area contributed by atoms with Crippen molar-refractivity contribution in [1.29, 1.82) is 0 Å². The predicted octanol–water partition coefficient (Wildman–Crippen LogP) is 3.55. The first-order valence-electron chi connectivity index (χ1n) is 6.92. The van der Waals surface area contributed by atoms with Gasteiger partial charge in [0.25, 0.3) is 0 Å². The molecule has 0 bridgehead atoms. The molecular weight excluding hydrogens is 263 g/mol. The Bertz CT molecular complexity index is 259. The predicted molar refractivity (Wildman–Crippen MR) is 76.4 cm³/mol. The van der Waals surface area contributed by atoms with Gasteiger partial charge in [-0.3, -0.25) is 9.11 Å². The molecule has 0 saturated carbocycles. The Morgan fingerprint density at radius 2 is 1.39 bits per heavy atom. The molecule has 0 aliphatic heterocycles. The summed E-state index contributed by atoms with van der Waals surface area (Å²) in [6, 6.07) is 0. The van der Waals surface area contributed by atoms with Crippen molar-refractivity contribution in [3.63, 3.8) is 0 Å². The van der Waals surface area contributed by atoms with Crippen molar-refractivity contribution in [3.8, 4) is 0 Å². The zero-order valence-corrected chi connectivity index (χ0v) is 15.0. The Kier molecular flexibility index (Phi) is 15.2. The van der Waals surface area contributed by atoms with Crippen molar-refractivity contribution >= 4 is 38.3 Å². The van der Waals surface area contributed by atoms with Gasteiger partial charge in [0.1, 0.15) is 0 Å². The molecule has 0 fully saturated rings. The minimum atomic E-state index is -4.67. The van der Waals surface area contributed by atoms with E-state index in [1.165, 1.54) is 70.1 Å².